The largest absolute Gasteiger partial charge is 0.345 e. The molecule has 3 aromatic heterocycles. The molecule has 3 N–H and O–H groups in total. The molecule has 5 heteroatoms. The molecule has 0 fully saturated rings. The minimum Gasteiger partial charge on any atom is -0.345 e. The first-order valence-corrected chi connectivity index (χ1v) is 6.84. The molecule has 0 aliphatic heterocycles. The van der Waals surface area contributed by atoms with E-state index in [2.05, 4.69) is 26.3 Å². The summed E-state index contributed by atoms with van der Waals surface area (Å²) in [6.07, 6.45) is 9.14. The van der Waals surface area contributed by atoms with Gasteiger partial charge >= 0.3 is 0 Å². The standard InChI is InChI=1S/C14H19N5/c1-2-3-4-10(7-15)12-8-17-13-9-18-14-11(19(12)13)5-6-16-14/h5-6,8-10,16H,2-4,7,15H2,1H3. The summed E-state index contributed by atoms with van der Waals surface area (Å²) in [7, 11) is 0. The van der Waals surface area contributed by atoms with Crippen LogP contribution in [0.3, 0.4) is 0 Å². The lowest BCUT2D eigenvalue weighted by molar-refractivity contribution is 0.578. The number of nitrogens with one attached hydrogen (secondary N) is 1. The molecular formula is C14H19N5. The molecule has 0 radical (unpaired) electrons. The number of aromatic amines is 1. The Balaban J connectivity index is 2.14. The van der Waals surface area contributed by atoms with Gasteiger partial charge in [-0.25, -0.2) is 9.97 Å². The van der Waals surface area contributed by atoms with Gasteiger partial charge in [-0.1, -0.05) is 19.8 Å². The number of hydrogen-bond donors (Lipinski definition) is 2. The summed E-state index contributed by atoms with van der Waals surface area (Å²) >= 11 is 0. The first kappa shape index (κ1) is 12.2. The quantitative estimate of drug-likeness (QED) is 0.737. The Morgan fingerprint density at radius 2 is 2.26 bits per heavy atom. The third kappa shape index (κ3) is 2.00. The molecule has 100 valence electrons. The van der Waals surface area contributed by atoms with E-state index >= 15 is 0 Å². The van der Waals surface area contributed by atoms with Gasteiger partial charge in [-0.05, 0) is 12.5 Å². The maximum Gasteiger partial charge on any atom is 0.156 e. The average Bonchev–Trinajstić information content (AvgIpc) is 3.04. The highest BCUT2D eigenvalue weighted by molar-refractivity contribution is 5.74. The van der Waals surface area contributed by atoms with Crippen molar-refractivity contribution in [1.82, 2.24) is 19.4 Å². The van der Waals surface area contributed by atoms with E-state index in [1.165, 1.54) is 18.5 Å². The van der Waals surface area contributed by atoms with Gasteiger partial charge in [0.2, 0.25) is 0 Å². The Morgan fingerprint density at radius 3 is 3.05 bits per heavy atom. The van der Waals surface area contributed by atoms with Gasteiger partial charge in [0.05, 0.1) is 11.7 Å². The van der Waals surface area contributed by atoms with E-state index in [9.17, 15) is 0 Å². The summed E-state index contributed by atoms with van der Waals surface area (Å²) in [4.78, 5) is 12.0. The zero-order valence-corrected chi connectivity index (χ0v) is 11.1. The lowest BCUT2D eigenvalue weighted by atomic mass is 9.99. The van der Waals surface area contributed by atoms with E-state index in [1.807, 2.05) is 18.5 Å². The topological polar surface area (TPSA) is 72.0 Å². The minimum absolute atomic E-state index is 0.357. The van der Waals surface area contributed by atoms with Gasteiger partial charge in [-0.2, -0.15) is 0 Å². The molecule has 3 aromatic rings. The van der Waals surface area contributed by atoms with Crippen LogP contribution in [0.1, 0.15) is 37.8 Å². The van der Waals surface area contributed by atoms with Crippen LogP contribution in [-0.4, -0.2) is 25.9 Å². The predicted molar refractivity (Wildman–Crippen MR) is 76.2 cm³/mol. The van der Waals surface area contributed by atoms with Gasteiger partial charge in [0, 0.05) is 30.6 Å². The van der Waals surface area contributed by atoms with Crippen molar-refractivity contribution < 1.29 is 0 Å². The van der Waals surface area contributed by atoms with Crippen LogP contribution in [0.15, 0.2) is 24.7 Å². The van der Waals surface area contributed by atoms with Gasteiger partial charge in [0.1, 0.15) is 0 Å². The van der Waals surface area contributed by atoms with Crippen LogP contribution in [0.5, 0.6) is 0 Å². The van der Waals surface area contributed by atoms with Crippen molar-refractivity contribution in [2.45, 2.75) is 32.1 Å². The summed E-state index contributed by atoms with van der Waals surface area (Å²) < 4.78 is 2.17. The molecule has 1 unspecified atom stereocenters. The van der Waals surface area contributed by atoms with Crippen molar-refractivity contribution in [3.63, 3.8) is 0 Å². The Morgan fingerprint density at radius 1 is 1.37 bits per heavy atom. The molecule has 0 spiro atoms. The summed E-state index contributed by atoms with van der Waals surface area (Å²) in [5.41, 5.74) is 9.99. The summed E-state index contributed by atoms with van der Waals surface area (Å²) in [5.74, 6) is 0.357. The number of imidazole rings is 1. The number of nitrogens with two attached hydrogens (primary N) is 1. The molecule has 3 rings (SSSR count). The molecule has 0 bridgehead atoms. The second-order valence-electron chi connectivity index (χ2n) is 4.92. The molecule has 0 aromatic carbocycles. The van der Waals surface area contributed by atoms with Crippen molar-refractivity contribution in [3.8, 4) is 0 Å². The normalized spacial score (nSPS) is 13.4. The molecular weight excluding hydrogens is 238 g/mol. The molecule has 0 aliphatic carbocycles. The lowest BCUT2D eigenvalue weighted by Crippen LogP contribution is -2.14. The maximum atomic E-state index is 5.95. The van der Waals surface area contributed by atoms with E-state index in [1.54, 1.807) is 6.20 Å². The maximum absolute atomic E-state index is 5.95. The minimum atomic E-state index is 0.357. The van der Waals surface area contributed by atoms with Gasteiger partial charge < -0.3 is 10.7 Å². The van der Waals surface area contributed by atoms with Crippen molar-refractivity contribution >= 4 is 16.8 Å². The number of fused-ring (bicyclic) bond motifs is 3. The molecule has 0 aliphatic rings. The molecule has 19 heavy (non-hydrogen) atoms. The molecule has 5 nitrogen and oxygen atoms in total. The van der Waals surface area contributed by atoms with Crippen LogP contribution < -0.4 is 5.73 Å². The number of nitrogens with zero attached hydrogens (tertiary/aromatic N) is 3. The highest BCUT2D eigenvalue weighted by Gasteiger charge is 2.16. The fourth-order valence-electron chi connectivity index (χ4n) is 2.62. The fraction of sp³-hybridized carbons (Fsp3) is 0.429. The Bertz CT molecular complexity index is 681. The second-order valence-corrected chi connectivity index (χ2v) is 4.92. The Labute approximate surface area is 111 Å². The number of rotatable bonds is 5. The monoisotopic (exact) mass is 257 g/mol. The lowest BCUT2D eigenvalue weighted by Gasteiger charge is -2.14. The first-order chi connectivity index (χ1) is 9.35. The van der Waals surface area contributed by atoms with Crippen LogP contribution in [0, 0.1) is 0 Å². The summed E-state index contributed by atoms with van der Waals surface area (Å²) in [6, 6.07) is 2.04. The number of hydrogen-bond acceptors (Lipinski definition) is 3. The SMILES string of the molecule is CCCCC(CN)c1cnc2cnc3[nH]ccc3n12. The van der Waals surface area contributed by atoms with E-state index in [-0.39, 0.29) is 0 Å². The molecule has 3 heterocycles. The van der Waals surface area contributed by atoms with Gasteiger partial charge in [0.25, 0.3) is 0 Å². The van der Waals surface area contributed by atoms with Crippen LogP contribution in [-0.2, 0) is 0 Å². The number of H-pyrrole nitrogens is 1. The van der Waals surface area contributed by atoms with Crippen molar-refractivity contribution in [1.29, 1.82) is 0 Å². The smallest absolute Gasteiger partial charge is 0.156 e. The first-order valence-electron chi connectivity index (χ1n) is 6.84. The highest BCUT2D eigenvalue weighted by atomic mass is 15.1. The third-order valence-electron chi connectivity index (χ3n) is 3.68. The van der Waals surface area contributed by atoms with E-state index < -0.39 is 0 Å². The molecule has 0 saturated carbocycles. The average molecular weight is 257 g/mol. The van der Waals surface area contributed by atoms with Gasteiger partial charge in [-0.15, -0.1) is 0 Å². The van der Waals surface area contributed by atoms with Crippen molar-refractivity contribution in [2.75, 3.05) is 6.54 Å². The zero-order valence-electron chi connectivity index (χ0n) is 11.1. The molecule has 0 saturated heterocycles. The number of aromatic nitrogens is 4. The fourth-order valence-corrected chi connectivity index (χ4v) is 2.62. The highest BCUT2D eigenvalue weighted by Crippen LogP contribution is 2.24. The van der Waals surface area contributed by atoms with Gasteiger partial charge in [-0.3, -0.25) is 4.40 Å². The Hall–Kier alpha value is -1.88. The van der Waals surface area contributed by atoms with Crippen LogP contribution in [0.4, 0.5) is 0 Å². The number of unbranched alkanes of at least 4 members (excludes halogenated alkanes) is 1. The van der Waals surface area contributed by atoms with Gasteiger partial charge in [0.15, 0.2) is 11.3 Å². The van der Waals surface area contributed by atoms with Crippen molar-refractivity contribution in [2.24, 2.45) is 5.73 Å². The molecule has 0 amide bonds. The van der Waals surface area contributed by atoms with Crippen LogP contribution in [0.25, 0.3) is 16.8 Å². The van der Waals surface area contributed by atoms with Crippen LogP contribution >= 0.6 is 0 Å². The zero-order chi connectivity index (χ0) is 13.2. The third-order valence-corrected chi connectivity index (χ3v) is 3.68. The Kier molecular flexibility index (Phi) is 3.21. The second kappa shape index (κ2) is 5.01. The summed E-state index contributed by atoms with van der Waals surface area (Å²) in [6.45, 7) is 2.86. The van der Waals surface area contributed by atoms with E-state index in [4.69, 9.17) is 5.73 Å². The van der Waals surface area contributed by atoms with Crippen LogP contribution in [0.2, 0.25) is 0 Å². The predicted octanol–water partition coefficient (Wildman–Crippen LogP) is 2.44. The van der Waals surface area contributed by atoms with E-state index in [0.717, 1.165) is 23.2 Å². The summed E-state index contributed by atoms with van der Waals surface area (Å²) in [5, 5.41) is 0. The molecule has 1 atom stereocenters. The van der Waals surface area contributed by atoms with E-state index in [0.29, 0.717) is 12.5 Å². The van der Waals surface area contributed by atoms with Crippen molar-refractivity contribution in [3.05, 3.63) is 30.4 Å².